The SMILES string of the molecule is Cc1ccc([N+](=O)[O-])cc1C(=O)Nc1ccc(S(=O)(=O)N(C)Cc2ccccc2)cc1. The van der Waals surface area contributed by atoms with Crippen LogP contribution in [0, 0.1) is 17.0 Å². The third-order valence-electron chi connectivity index (χ3n) is 4.75. The van der Waals surface area contributed by atoms with E-state index in [1.165, 1.54) is 53.8 Å². The molecule has 0 aliphatic rings. The molecule has 0 atom stereocenters. The molecular formula is C22H21N3O5S. The molecule has 0 bridgehead atoms. The quantitative estimate of drug-likeness (QED) is 0.442. The maximum Gasteiger partial charge on any atom is 0.270 e. The van der Waals surface area contributed by atoms with Gasteiger partial charge in [-0.1, -0.05) is 36.4 Å². The molecule has 9 heteroatoms. The van der Waals surface area contributed by atoms with Crippen LogP contribution < -0.4 is 5.32 Å². The first-order valence-corrected chi connectivity index (χ1v) is 10.8. The summed E-state index contributed by atoms with van der Waals surface area (Å²) in [5.74, 6) is -0.516. The van der Waals surface area contributed by atoms with E-state index in [0.29, 0.717) is 11.3 Å². The van der Waals surface area contributed by atoms with Crippen molar-refractivity contribution in [3.63, 3.8) is 0 Å². The van der Waals surface area contributed by atoms with Gasteiger partial charge in [0.2, 0.25) is 10.0 Å². The number of nitro groups is 1. The highest BCUT2D eigenvalue weighted by Gasteiger charge is 2.21. The van der Waals surface area contributed by atoms with E-state index in [-0.39, 0.29) is 22.7 Å². The van der Waals surface area contributed by atoms with Crippen molar-refractivity contribution >= 4 is 27.3 Å². The van der Waals surface area contributed by atoms with Crippen LogP contribution in [0.4, 0.5) is 11.4 Å². The van der Waals surface area contributed by atoms with Gasteiger partial charge in [0.25, 0.3) is 11.6 Å². The Morgan fingerprint density at radius 1 is 1.03 bits per heavy atom. The van der Waals surface area contributed by atoms with E-state index in [1.807, 2.05) is 30.3 Å². The second kappa shape index (κ2) is 9.07. The van der Waals surface area contributed by atoms with Gasteiger partial charge >= 0.3 is 0 Å². The zero-order valence-corrected chi connectivity index (χ0v) is 17.8. The Hall–Kier alpha value is -3.56. The number of hydrogen-bond donors (Lipinski definition) is 1. The molecule has 0 saturated heterocycles. The van der Waals surface area contributed by atoms with Crippen molar-refractivity contribution in [3.05, 3.63) is 99.6 Å². The molecule has 0 saturated carbocycles. The van der Waals surface area contributed by atoms with Crippen molar-refractivity contribution in [3.8, 4) is 0 Å². The second-order valence-electron chi connectivity index (χ2n) is 6.98. The summed E-state index contributed by atoms with van der Waals surface area (Å²) in [7, 11) is -2.21. The van der Waals surface area contributed by atoms with Gasteiger partial charge in [0.15, 0.2) is 0 Å². The van der Waals surface area contributed by atoms with Gasteiger partial charge in [-0.05, 0) is 42.3 Å². The third kappa shape index (κ3) is 5.14. The number of carbonyl (C=O) groups is 1. The van der Waals surface area contributed by atoms with Gasteiger partial charge in [0.05, 0.1) is 9.82 Å². The molecule has 0 spiro atoms. The minimum Gasteiger partial charge on any atom is -0.322 e. The molecule has 0 heterocycles. The van der Waals surface area contributed by atoms with E-state index in [1.54, 1.807) is 6.92 Å². The number of rotatable bonds is 7. The molecule has 0 aromatic heterocycles. The largest absolute Gasteiger partial charge is 0.322 e. The summed E-state index contributed by atoms with van der Waals surface area (Å²) in [6, 6.07) is 19.1. The Morgan fingerprint density at radius 3 is 2.29 bits per heavy atom. The van der Waals surface area contributed by atoms with E-state index >= 15 is 0 Å². The Kier molecular flexibility index (Phi) is 6.47. The summed E-state index contributed by atoms with van der Waals surface area (Å²) in [6.07, 6.45) is 0. The average Bonchev–Trinajstić information content (AvgIpc) is 2.75. The summed E-state index contributed by atoms with van der Waals surface area (Å²) in [4.78, 5) is 23.0. The van der Waals surface area contributed by atoms with Crippen LogP contribution in [0.1, 0.15) is 21.5 Å². The predicted octanol–water partition coefficient (Wildman–Crippen LogP) is 3.98. The number of aryl methyl sites for hydroxylation is 1. The minimum atomic E-state index is -3.71. The van der Waals surface area contributed by atoms with Gasteiger partial charge in [-0.25, -0.2) is 8.42 Å². The third-order valence-corrected chi connectivity index (χ3v) is 6.56. The van der Waals surface area contributed by atoms with Crippen molar-refractivity contribution in [1.29, 1.82) is 0 Å². The van der Waals surface area contributed by atoms with Crippen LogP contribution in [-0.2, 0) is 16.6 Å². The summed E-state index contributed by atoms with van der Waals surface area (Å²) >= 11 is 0. The fourth-order valence-corrected chi connectivity index (χ4v) is 4.14. The lowest BCUT2D eigenvalue weighted by atomic mass is 10.1. The van der Waals surface area contributed by atoms with Crippen LogP contribution >= 0.6 is 0 Å². The minimum absolute atomic E-state index is 0.0930. The van der Waals surface area contributed by atoms with Crippen LogP contribution in [0.5, 0.6) is 0 Å². The number of non-ortho nitro benzene ring substituents is 1. The van der Waals surface area contributed by atoms with Gasteiger partial charge in [-0.2, -0.15) is 4.31 Å². The van der Waals surface area contributed by atoms with Crippen LogP contribution in [-0.4, -0.2) is 30.6 Å². The molecule has 1 N–H and O–H groups in total. The number of carbonyl (C=O) groups excluding carboxylic acids is 1. The molecule has 0 radical (unpaired) electrons. The lowest BCUT2D eigenvalue weighted by molar-refractivity contribution is -0.384. The number of anilines is 1. The van der Waals surface area contributed by atoms with Crippen molar-refractivity contribution in [2.45, 2.75) is 18.4 Å². The zero-order chi connectivity index (χ0) is 22.6. The molecule has 3 rings (SSSR count). The lowest BCUT2D eigenvalue weighted by Gasteiger charge is -2.17. The van der Waals surface area contributed by atoms with Crippen LogP contribution in [0.15, 0.2) is 77.7 Å². The van der Waals surface area contributed by atoms with Crippen molar-refractivity contribution in [2.24, 2.45) is 0 Å². The highest BCUT2D eigenvalue weighted by molar-refractivity contribution is 7.89. The molecule has 0 aliphatic heterocycles. The zero-order valence-electron chi connectivity index (χ0n) is 17.0. The first-order chi connectivity index (χ1) is 14.7. The standard InChI is InChI=1S/C22H21N3O5S/c1-16-8-11-19(25(27)28)14-21(16)22(26)23-18-9-12-20(13-10-18)31(29,30)24(2)15-17-6-4-3-5-7-17/h3-14H,15H2,1-2H3,(H,23,26). The summed E-state index contributed by atoms with van der Waals surface area (Å²) in [5, 5.41) is 13.6. The highest BCUT2D eigenvalue weighted by Crippen LogP contribution is 2.21. The monoisotopic (exact) mass is 439 g/mol. The Morgan fingerprint density at radius 2 is 1.68 bits per heavy atom. The van der Waals surface area contributed by atoms with Crippen LogP contribution in [0.2, 0.25) is 0 Å². The fraction of sp³-hybridized carbons (Fsp3) is 0.136. The van der Waals surface area contributed by atoms with E-state index in [4.69, 9.17) is 0 Å². The fourth-order valence-electron chi connectivity index (χ4n) is 2.98. The van der Waals surface area contributed by atoms with E-state index in [9.17, 15) is 23.3 Å². The first-order valence-electron chi connectivity index (χ1n) is 9.35. The molecule has 0 aliphatic carbocycles. The first kappa shape index (κ1) is 22.1. The van der Waals surface area contributed by atoms with Gasteiger partial charge in [0.1, 0.15) is 0 Å². The molecule has 0 unspecified atom stereocenters. The Labute approximate surface area is 180 Å². The summed E-state index contributed by atoms with van der Waals surface area (Å²) < 4.78 is 26.9. The molecule has 3 aromatic carbocycles. The van der Waals surface area contributed by atoms with Crippen LogP contribution in [0.25, 0.3) is 0 Å². The predicted molar refractivity (Wildman–Crippen MR) is 117 cm³/mol. The van der Waals surface area contributed by atoms with Crippen molar-refractivity contribution < 1.29 is 18.1 Å². The molecule has 3 aromatic rings. The molecule has 160 valence electrons. The average molecular weight is 439 g/mol. The molecule has 0 fully saturated rings. The number of nitrogens with one attached hydrogen (secondary N) is 1. The smallest absolute Gasteiger partial charge is 0.270 e. The topological polar surface area (TPSA) is 110 Å². The number of benzene rings is 3. The number of amides is 1. The van der Waals surface area contributed by atoms with Gasteiger partial charge in [-0.15, -0.1) is 0 Å². The number of nitro benzene ring substituents is 1. The second-order valence-corrected chi connectivity index (χ2v) is 9.03. The lowest BCUT2D eigenvalue weighted by Crippen LogP contribution is -2.26. The van der Waals surface area contributed by atoms with Crippen LogP contribution in [0.3, 0.4) is 0 Å². The Balaban J connectivity index is 1.75. The highest BCUT2D eigenvalue weighted by atomic mass is 32.2. The normalized spacial score (nSPS) is 11.3. The number of nitrogens with zero attached hydrogens (tertiary/aromatic N) is 2. The number of sulfonamides is 1. The molecule has 1 amide bonds. The summed E-state index contributed by atoms with van der Waals surface area (Å²) in [5.41, 5.74) is 1.82. The molecular weight excluding hydrogens is 418 g/mol. The van der Waals surface area contributed by atoms with E-state index in [2.05, 4.69) is 5.32 Å². The van der Waals surface area contributed by atoms with Crippen molar-refractivity contribution in [2.75, 3.05) is 12.4 Å². The maximum absolute atomic E-state index is 12.8. The molecule has 31 heavy (non-hydrogen) atoms. The molecule has 8 nitrogen and oxygen atoms in total. The Bertz CT molecular complexity index is 1210. The van der Waals surface area contributed by atoms with E-state index < -0.39 is 20.9 Å². The van der Waals surface area contributed by atoms with Gasteiger partial charge in [0, 0.05) is 37.0 Å². The summed E-state index contributed by atoms with van der Waals surface area (Å²) in [6.45, 7) is 1.91. The van der Waals surface area contributed by atoms with Crippen molar-refractivity contribution in [1.82, 2.24) is 4.31 Å². The van der Waals surface area contributed by atoms with E-state index in [0.717, 1.165) is 5.56 Å². The maximum atomic E-state index is 12.8. The van der Waals surface area contributed by atoms with Gasteiger partial charge in [-0.3, -0.25) is 14.9 Å². The van der Waals surface area contributed by atoms with Gasteiger partial charge < -0.3 is 5.32 Å². The number of hydrogen-bond acceptors (Lipinski definition) is 5.